The van der Waals surface area contributed by atoms with E-state index in [1.54, 1.807) is 0 Å². The first-order valence-corrected chi connectivity index (χ1v) is 7.47. The van der Waals surface area contributed by atoms with Gasteiger partial charge in [-0.25, -0.2) is 0 Å². The Balaban J connectivity index is 1.77. The predicted molar refractivity (Wildman–Crippen MR) is 88.2 cm³/mol. The van der Waals surface area contributed by atoms with Gasteiger partial charge in [0, 0.05) is 9.13 Å². The fourth-order valence-corrected chi connectivity index (χ4v) is 2.11. The molecule has 0 radical (unpaired) electrons. The number of nitrogens with one attached hydrogen (secondary N) is 1. The first kappa shape index (κ1) is 14.8. The second kappa shape index (κ2) is 7.28. The van der Waals surface area contributed by atoms with Gasteiger partial charge in [0.25, 0.3) is 5.91 Å². The number of para-hydroxylation sites is 1. The van der Waals surface area contributed by atoms with Crippen LogP contribution in [0.1, 0.15) is 15.9 Å². The van der Waals surface area contributed by atoms with Crippen molar-refractivity contribution in [1.82, 2.24) is 5.32 Å². The van der Waals surface area contributed by atoms with E-state index in [-0.39, 0.29) is 5.91 Å². The monoisotopic (exact) mass is 381 g/mol. The van der Waals surface area contributed by atoms with Gasteiger partial charge in [-0.15, -0.1) is 0 Å². The largest absolute Gasteiger partial charge is 0.491 e. The lowest BCUT2D eigenvalue weighted by Crippen LogP contribution is -2.28. The normalized spacial score (nSPS) is 10.1. The van der Waals surface area contributed by atoms with Crippen molar-refractivity contribution < 1.29 is 9.53 Å². The summed E-state index contributed by atoms with van der Waals surface area (Å²) in [5, 5.41) is 2.84. The van der Waals surface area contributed by atoms with Gasteiger partial charge in [-0.05, 0) is 65.4 Å². The first-order valence-electron chi connectivity index (χ1n) is 6.39. The Bertz CT molecular complexity index is 581. The Morgan fingerprint density at radius 3 is 2.55 bits per heavy atom. The molecule has 0 unspecified atom stereocenters. The zero-order valence-corrected chi connectivity index (χ0v) is 13.4. The van der Waals surface area contributed by atoms with Crippen molar-refractivity contribution in [3.8, 4) is 5.75 Å². The summed E-state index contributed by atoms with van der Waals surface area (Å²) in [7, 11) is 0. The summed E-state index contributed by atoms with van der Waals surface area (Å²) in [5.41, 5.74) is 1.76. The zero-order chi connectivity index (χ0) is 14.4. The molecule has 0 atom stereocenters. The molecule has 0 saturated carbocycles. The van der Waals surface area contributed by atoms with E-state index in [0.29, 0.717) is 18.7 Å². The molecule has 2 aromatic carbocycles. The summed E-state index contributed by atoms with van der Waals surface area (Å²) in [6.45, 7) is 2.94. The maximum atomic E-state index is 11.9. The van der Waals surface area contributed by atoms with Crippen LogP contribution in [-0.2, 0) is 0 Å². The van der Waals surface area contributed by atoms with Crippen LogP contribution in [-0.4, -0.2) is 19.1 Å². The highest BCUT2D eigenvalue weighted by molar-refractivity contribution is 14.1. The molecule has 0 heterocycles. The van der Waals surface area contributed by atoms with E-state index in [1.165, 1.54) is 0 Å². The van der Waals surface area contributed by atoms with Crippen molar-refractivity contribution in [3.05, 3.63) is 63.2 Å². The molecule has 20 heavy (non-hydrogen) atoms. The van der Waals surface area contributed by atoms with Gasteiger partial charge < -0.3 is 10.1 Å². The average molecular weight is 381 g/mol. The Morgan fingerprint density at radius 2 is 1.85 bits per heavy atom. The van der Waals surface area contributed by atoms with Crippen LogP contribution in [0.15, 0.2) is 48.5 Å². The first-order chi connectivity index (χ1) is 9.66. The lowest BCUT2D eigenvalue weighted by atomic mass is 10.2. The van der Waals surface area contributed by atoms with E-state index in [4.69, 9.17) is 4.74 Å². The highest BCUT2D eigenvalue weighted by atomic mass is 127. The molecule has 1 N–H and O–H groups in total. The summed E-state index contributed by atoms with van der Waals surface area (Å²) in [6.07, 6.45) is 0. The van der Waals surface area contributed by atoms with Crippen molar-refractivity contribution in [1.29, 1.82) is 0 Å². The zero-order valence-electron chi connectivity index (χ0n) is 11.2. The van der Waals surface area contributed by atoms with Crippen molar-refractivity contribution >= 4 is 28.5 Å². The lowest BCUT2D eigenvalue weighted by molar-refractivity contribution is 0.0947. The van der Waals surface area contributed by atoms with Crippen LogP contribution in [0.5, 0.6) is 5.75 Å². The number of aryl methyl sites for hydroxylation is 1. The number of benzene rings is 2. The molecule has 3 nitrogen and oxygen atoms in total. The number of hydrogen-bond acceptors (Lipinski definition) is 2. The standard InChI is InChI=1S/C16H16INO2/c1-12-4-2-3-5-15(12)20-11-10-18-16(19)13-6-8-14(17)9-7-13/h2-9H,10-11H2,1H3,(H,18,19). The molecule has 0 bridgehead atoms. The van der Waals surface area contributed by atoms with Crippen LogP contribution in [0.2, 0.25) is 0 Å². The minimum atomic E-state index is -0.0743. The molecule has 1 amide bonds. The molecule has 0 spiro atoms. The minimum Gasteiger partial charge on any atom is -0.491 e. The van der Waals surface area contributed by atoms with E-state index in [1.807, 2.05) is 55.5 Å². The molecular formula is C16H16INO2. The van der Waals surface area contributed by atoms with Gasteiger partial charge in [0.2, 0.25) is 0 Å². The Hall–Kier alpha value is -1.56. The molecular weight excluding hydrogens is 365 g/mol. The van der Waals surface area contributed by atoms with Crippen molar-refractivity contribution in [3.63, 3.8) is 0 Å². The maximum Gasteiger partial charge on any atom is 0.251 e. The molecule has 104 valence electrons. The number of rotatable bonds is 5. The van der Waals surface area contributed by atoms with Crippen LogP contribution in [0.25, 0.3) is 0 Å². The van der Waals surface area contributed by atoms with Crippen LogP contribution in [0.3, 0.4) is 0 Å². The molecule has 0 saturated heterocycles. The Morgan fingerprint density at radius 1 is 1.15 bits per heavy atom. The average Bonchev–Trinajstić information content (AvgIpc) is 2.46. The highest BCUT2D eigenvalue weighted by Crippen LogP contribution is 2.15. The summed E-state index contributed by atoms with van der Waals surface area (Å²) in [5.74, 6) is 0.783. The van der Waals surface area contributed by atoms with Crippen molar-refractivity contribution in [2.45, 2.75) is 6.92 Å². The van der Waals surface area contributed by atoms with Crippen molar-refractivity contribution in [2.75, 3.05) is 13.2 Å². The molecule has 2 aromatic rings. The van der Waals surface area contributed by atoms with Crippen LogP contribution in [0, 0.1) is 10.5 Å². The fourth-order valence-electron chi connectivity index (χ4n) is 1.75. The van der Waals surface area contributed by atoms with E-state index < -0.39 is 0 Å². The second-order valence-electron chi connectivity index (χ2n) is 4.38. The van der Waals surface area contributed by atoms with Crippen LogP contribution in [0.4, 0.5) is 0 Å². The molecule has 0 aliphatic heterocycles. The van der Waals surface area contributed by atoms with Crippen LogP contribution < -0.4 is 10.1 Å². The van der Waals surface area contributed by atoms with E-state index in [0.717, 1.165) is 14.9 Å². The van der Waals surface area contributed by atoms with Gasteiger partial charge in [0.15, 0.2) is 0 Å². The molecule has 0 aliphatic carbocycles. The molecule has 4 heteroatoms. The van der Waals surface area contributed by atoms with Gasteiger partial charge in [-0.1, -0.05) is 18.2 Å². The third-order valence-electron chi connectivity index (χ3n) is 2.85. The van der Waals surface area contributed by atoms with Gasteiger partial charge in [0.05, 0.1) is 6.54 Å². The SMILES string of the molecule is Cc1ccccc1OCCNC(=O)c1ccc(I)cc1. The topological polar surface area (TPSA) is 38.3 Å². The Kier molecular flexibility index (Phi) is 5.40. The maximum absolute atomic E-state index is 11.9. The van der Waals surface area contributed by atoms with E-state index in [2.05, 4.69) is 27.9 Å². The number of amides is 1. The number of halogens is 1. The third kappa shape index (κ3) is 4.23. The summed E-state index contributed by atoms with van der Waals surface area (Å²) in [6, 6.07) is 15.3. The predicted octanol–water partition coefficient (Wildman–Crippen LogP) is 3.41. The van der Waals surface area contributed by atoms with Gasteiger partial charge in [0.1, 0.15) is 12.4 Å². The lowest BCUT2D eigenvalue weighted by Gasteiger charge is -2.09. The summed E-state index contributed by atoms with van der Waals surface area (Å²) >= 11 is 2.21. The molecule has 2 rings (SSSR count). The minimum absolute atomic E-state index is 0.0743. The smallest absolute Gasteiger partial charge is 0.251 e. The van der Waals surface area contributed by atoms with Crippen molar-refractivity contribution in [2.24, 2.45) is 0 Å². The fraction of sp³-hybridized carbons (Fsp3) is 0.188. The van der Waals surface area contributed by atoms with Gasteiger partial charge in [-0.2, -0.15) is 0 Å². The van der Waals surface area contributed by atoms with Gasteiger partial charge >= 0.3 is 0 Å². The quantitative estimate of drug-likeness (QED) is 0.637. The summed E-state index contributed by atoms with van der Waals surface area (Å²) < 4.78 is 6.74. The molecule has 0 fully saturated rings. The molecule has 0 aromatic heterocycles. The molecule has 0 aliphatic rings. The third-order valence-corrected chi connectivity index (χ3v) is 3.56. The number of hydrogen-bond donors (Lipinski definition) is 1. The van der Waals surface area contributed by atoms with E-state index in [9.17, 15) is 4.79 Å². The van der Waals surface area contributed by atoms with E-state index >= 15 is 0 Å². The second-order valence-corrected chi connectivity index (χ2v) is 5.62. The number of ether oxygens (including phenoxy) is 1. The van der Waals surface area contributed by atoms with Crippen LogP contribution >= 0.6 is 22.6 Å². The highest BCUT2D eigenvalue weighted by Gasteiger charge is 2.04. The number of carbonyl (C=O) groups excluding carboxylic acids is 1. The van der Waals surface area contributed by atoms with Gasteiger partial charge in [-0.3, -0.25) is 4.79 Å². The summed E-state index contributed by atoms with van der Waals surface area (Å²) in [4.78, 5) is 11.9. The Labute approximate surface area is 132 Å². The number of carbonyl (C=O) groups is 1.